The summed E-state index contributed by atoms with van der Waals surface area (Å²) in [6, 6.07) is 5.86. The number of carbonyl (C=O) groups excluding carboxylic acids is 2. The van der Waals surface area contributed by atoms with Crippen LogP contribution >= 0.6 is 11.3 Å². The van der Waals surface area contributed by atoms with E-state index in [4.69, 9.17) is 4.98 Å². The summed E-state index contributed by atoms with van der Waals surface area (Å²) in [6.45, 7) is 5.51. The molecule has 1 aromatic carbocycles. The molecule has 7 heteroatoms. The van der Waals surface area contributed by atoms with Crippen LogP contribution < -0.4 is 15.5 Å². The third kappa shape index (κ3) is 2.18. The van der Waals surface area contributed by atoms with Crippen molar-refractivity contribution in [1.82, 2.24) is 15.6 Å². The first-order chi connectivity index (χ1) is 11.0. The molecule has 2 aromatic rings. The van der Waals surface area contributed by atoms with Gasteiger partial charge in [-0.05, 0) is 24.0 Å². The van der Waals surface area contributed by atoms with Gasteiger partial charge in [-0.2, -0.15) is 0 Å². The molecule has 2 fully saturated rings. The first-order valence-corrected chi connectivity index (χ1v) is 8.58. The highest BCUT2D eigenvalue weighted by molar-refractivity contribution is 7.22. The van der Waals surface area contributed by atoms with Crippen molar-refractivity contribution in [3.05, 3.63) is 23.8 Å². The summed E-state index contributed by atoms with van der Waals surface area (Å²) in [5, 5.41) is 6.03. The van der Waals surface area contributed by atoms with Gasteiger partial charge >= 0.3 is 6.03 Å². The second-order valence-electron chi connectivity index (χ2n) is 6.51. The number of thiazole rings is 1. The number of fused-ring (bicyclic) bond motifs is 1. The highest BCUT2D eigenvalue weighted by atomic mass is 32.1. The topological polar surface area (TPSA) is 74.3 Å². The fourth-order valence-electron chi connectivity index (χ4n) is 3.35. The molecule has 1 spiro atoms. The van der Waals surface area contributed by atoms with E-state index < -0.39 is 11.6 Å². The average Bonchev–Trinajstić information content (AvgIpc) is 3.16. The number of aromatic nitrogens is 1. The Morgan fingerprint density at radius 3 is 2.87 bits per heavy atom. The van der Waals surface area contributed by atoms with Crippen LogP contribution in [0.15, 0.2) is 18.2 Å². The zero-order valence-corrected chi connectivity index (χ0v) is 13.9. The Morgan fingerprint density at radius 2 is 2.17 bits per heavy atom. The number of anilines is 1. The van der Waals surface area contributed by atoms with Crippen molar-refractivity contribution in [3.63, 3.8) is 0 Å². The number of carbonyl (C=O) groups is 2. The second kappa shape index (κ2) is 4.92. The van der Waals surface area contributed by atoms with E-state index in [0.29, 0.717) is 25.4 Å². The van der Waals surface area contributed by atoms with Gasteiger partial charge in [-0.25, -0.2) is 9.78 Å². The monoisotopic (exact) mass is 330 g/mol. The zero-order valence-electron chi connectivity index (χ0n) is 13.0. The molecule has 0 radical (unpaired) electrons. The third-order valence-corrected chi connectivity index (χ3v) is 5.70. The van der Waals surface area contributed by atoms with E-state index in [9.17, 15) is 9.59 Å². The molecule has 3 heterocycles. The predicted octanol–water partition coefficient (Wildman–Crippen LogP) is 2.21. The number of nitrogens with one attached hydrogen (secondary N) is 2. The van der Waals surface area contributed by atoms with Gasteiger partial charge in [-0.1, -0.05) is 37.3 Å². The normalized spacial score (nSPS) is 24.0. The molecular formula is C16H18N4O2S. The predicted molar refractivity (Wildman–Crippen MR) is 89.9 cm³/mol. The van der Waals surface area contributed by atoms with Crippen molar-refractivity contribution in [3.8, 4) is 0 Å². The van der Waals surface area contributed by atoms with Gasteiger partial charge in [0.1, 0.15) is 5.54 Å². The van der Waals surface area contributed by atoms with Gasteiger partial charge in [-0.15, -0.1) is 0 Å². The van der Waals surface area contributed by atoms with Crippen LogP contribution in [0.1, 0.15) is 31.7 Å². The van der Waals surface area contributed by atoms with Crippen LogP contribution in [0.2, 0.25) is 0 Å². The number of para-hydroxylation sites is 1. The number of urea groups is 1. The molecule has 2 N–H and O–H groups in total. The molecule has 1 aromatic heterocycles. The second-order valence-corrected chi connectivity index (χ2v) is 7.52. The molecular weight excluding hydrogens is 312 g/mol. The summed E-state index contributed by atoms with van der Waals surface area (Å²) in [7, 11) is 0. The Hall–Kier alpha value is -2.15. The Bertz CT molecular complexity index is 816. The Labute approximate surface area is 137 Å². The molecule has 6 nitrogen and oxygen atoms in total. The standard InChI is InChI=1S/C16H18N4O2S/c1-9(2)10-4-3-5-11-12(10)17-15(23-11)20-7-6-16(8-20)13(21)18-14(22)19-16/h3-5,9H,6-8H2,1-2H3,(H2,18,19,21,22). The Morgan fingerprint density at radius 1 is 1.35 bits per heavy atom. The van der Waals surface area contributed by atoms with E-state index in [1.807, 2.05) is 0 Å². The molecule has 2 saturated heterocycles. The van der Waals surface area contributed by atoms with Gasteiger partial charge in [0.2, 0.25) is 0 Å². The first-order valence-electron chi connectivity index (χ1n) is 7.76. The summed E-state index contributed by atoms with van der Waals surface area (Å²) in [5.41, 5.74) is 1.49. The highest BCUT2D eigenvalue weighted by Crippen LogP contribution is 2.36. The van der Waals surface area contributed by atoms with Crippen LogP contribution in [-0.4, -0.2) is 35.6 Å². The molecule has 2 aliphatic rings. The van der Waals surface area contributed by atoms with E-state index in [2.05, 4.69) is 47.6 Å². The molecule has 1 atom stereocenters. The molecule has 120 valence electrons. The highest BCUT2D eigenvalue weighted by Gasteiger charge is 2.51. The summed E-state index contributed by atoms with van der Waals surface area (Å²) < 4.78 is 1.16. The van der Waals surface area contributed by atoms with Crippen LogP contribution in [0.4, 0.5) is 9.93 Å². The van der Waals surface area contributed by atoms with Crippen LogP contribution in [0, 0.1) is 0 Å². The smallest absolute Gasteiger partial charge is 0.322 e. The number of rotatable bonds is 2. The van der Waals surface area contributed by atoms with Crippen LogP contribution in [0.5, 0.6) is 0 Å². The lowest BCUT2D eigenvalue weighted by molar-refractivity contribution is -0.123. The fourth-order valence-corrected chi connectivity index (χ4v) is 4.37. The Kier molecular flexibility index (Phi) is 3.09. The van der Waals surface area contributed by atoms with E-state index >= 15 is 0 Å². The Balaban J connectivity index is 1.67. The van der Waals surface area contributed by atoms with Crippen molar-refractivity contribution in [2.24, 2.45) is 0 Å². The average molecular weight is 330 g/mol. The number of hydrogen-bond acceptors (Lipinski definition) is 5. The van der Waals surface area contributed by atoms with E-state index in [-0.39, 0.29) is 5.91 Å². The van der Waals surface area contributed by atoms with Crippen molar-refractivity contribution in [2.75, 3.05) is 18.0 Å². The van der Waals surface area contributed by atoms with Crippen molar-refractivity contribution in [2.45, 2.75) is 31.7 Å². The van der Waals surface area contributed by atoms with E-state index in [1.165, 1.54) is 5.56 Å². The lowest BCUT2D eigenvalue weighted by atomic mass is 10.00. The van der Waals surface area contributed by atoms with Crippen LogP contribution in [-0.2, 0) is 4.79 Å². The molecule has 2 aliphatic heterocycles. The lowest BCUT2D eigenvalue weighted by Gasteiger charge is -2.20. The van der Waals surface area contributed by atoms with E-state index in [0.717, 1.165) is 15.3 Å². The van der Waals surface area contributed by atoms with Gasteiger partial charge in [-0.3, -0.25) is 10.1 Å². The van der Waals surface area contributed by atoms with Gasteiger partial charge < -0.3 is 10.2 Å². The minimum absolute atomic E-state index is 0.228. The SMILES string of the molecule is CC(C)c1cccc2sc(N3CCC4(C3)NC(=O)NC4=O)nc12. The van der Waals surface area contributed by atoms with E-state index in [1.54, 1.807) is 11.3 Å². The molecule has 23 heavy (non-hydrogen) atoms. The molecule has 0 saturated carbocycles. The van der Waals surface area contributed by atoms with Crippen LogP contribution in [0.3, 0.4) is 0 Å². The number of nitrogens with zero attached hydrogens (tertiary/aromatic N) is 2. The maximum absolute atomic E-state index is 12.1. The lowest BCUT2D eigenvalue weighted by Crippen LogP contribution is -2.49. The minimum Gasteiger partial charge on any atom is -0.345 e. The third-order valence-electron chi connectivity index (χ3n) is 4.62. The maximum Gasteiger partial charge on any atom is 0.322 e. The van der Waals surface area contributed by atoms with Gasteiger partial charge in [0.15, 0.2) is 5.13 Å². The summed E-state index contributed by atoms with van der Waals surface area (Å²) in [6.07, 6.45) is 0.609. The number of amides is 3. The molecule has 0 bridgehead atoms. The fraction of sp³-hybridized carbons (Fsp3) is 0.438. The van der Waals surface area contributed by atoms with Crippen LogP contribution in [0.25, 0.3) is 10.2 Å². The van der Waals surface area contributed by atoms with Gasteiger partial charge in [0.25, 0.3) is 5.91 Å². The largest absolute Gasteiger partial charge is 0.345 e. The molecule has 4 rings (SSSR count). The maximum atomic E-state index is 12.1. The minimum atomic E-state index is -0.796. The first kappa shape index (κ1) is 14.4. The summed E-state index contributed by atoms with van der Waals surface area (Å²) in [5.74, 6) is 0.187. The molecule has 3 amide bonds. The molecule has 0 aliphatic carbocycles. The van der Waals surface area contributed by atoms with Crippen molar-refractivity contribution < 1.29 is 9.59 Å². The number of hydrogen-bond donors (Lipinski definition) is 2. The zero-order chi connectivity index (χ0) is 16.2. The summed E-state index contributed by atoms with van der Waals surface area (Å²) >= 11 is 1.64. The van der Waals surface area contributed by atoms with Gasteiger partial charge in [0.05, 0.1) is 16.8 Å². The van der Waals surface area contributed by atoms with Gasteiger partial charge in [0, 0.05) is 6.54 Å². The summed E-state index contributed by atoms with van der Waals surface area (Å²) in [4.78, 5) is 30.4. The van der Waals surface area contributed by atoms with Crippen molar-refractivity contribution in [1.29, 1.82) is 0 Å². The quantitative estimate of drug-likeness (QED) is 0.828. The van der Waals surface area contributed by atoms with Crippen molar-refractivity contribution >= 4 is 38.6 Å². The number of benzene rings is 1. The number of imide groups is 1. The molecule has 1 unspecified atom stereocenters.